The fourth-order valence-electron chi connectivity index (χ4n) is 1.89. The van der Waals surface area contributed by atoms with Gasteiger partial charge in [-0.05, 0) is 42.3 Å². The zero-order valence-corrected chi connectivity index (χ0v) is 14.0. The fourth-order valence-corrected chi connectivity index (χ4v) is 2.27. The molecule has 0 fully saturated rings. The van der Waals surface area contributed by atoms with E-state index in [1.165, 1.54) is 5.56 Å². The van der Waals surface area contributed by atoms with Gasteiger partial charge in [-0.1, -0.05) is 41.1 Å². The minimum atomic E-state index is -0.234. The maximum Gasteiger partial charge on any atom is 0.319 e. The van der Waals surface area contributed by atoms with Gasteiger partial charge >= 0.3 is 6.03 Å². The third kappa shape index (κ3) is 5.41. The van der Waals surface area contributed by atoms with Crippen molar-refractivity contribution in [1.29, 1.82) is 0 Å². The summed E-state index contributed by atoms with van der Waals surface area (Å²) in [6, 6.07) is 15.2. The first-order valence-corrected chi connectivity index (χ1v) is 7.99. The molecule has 0 aromatic heterocycles. The Morgan fingerprint density at radius 3 is 2.64 bits per heavy atom. The summed E-state index contributed by atoms with van der Waals surface area (Å²) >= 11 is 3.38. The van der Waals surface area contributed by atoms with Crippen molar-refractivity contribution in [3.8, 4) is 5.75 Å². The van der Waals surface area contributed by atoms with Crippen molar-refractivity contribution in [3.63, 3.8) is 0 Å². The Morgan fingerprint density at radius 1 is 1.18 bits per heavy atom. The number of urea groups is 1. The number of rotatable bonds is 6. The van der Waals surface area contributed by atoms with Crippen molar-refractivity contribution in [2.75, 3.05) is 18.5 Å². The molecule has 0 heterocycles. The SMILES string of the molecule is CCc1ccc(NC(=O)NCCOc2cccc(Br)c2)cc1. The van der Waals surface area contributed by atoms with Gasteiger partial charge in [-0.15, -0.1) is 0 Å². The van der Waals surface area contributed by atoms with E-state index in [4.69, 9.17) is 4.74 Å². The molecular weight excluding hydrogens is 344 g/mol. The minimum Gasteiger partial charge on any atom is -0.492 e. The van der Waals surface area contributed by atoms with Crippen molar-refractivity contribution in [1.82, 2.24) is 5.32 Å². The molecule has 0 atom stereocenters. The van der Waals surface area contributed by atoms with Crippen molar-refractivity contribution in [2.24, 2.45) is 0 Å². The van der Waals surface area contributed by atoms with Crippen LogP contribution in [0.25, 0.3) is 0 Å². The zero-order chi connectivity index (χ0) is 15.8. The van der Waals surface area contributed by atoms with Crippen LogP contribution < -0.4 is 15.4 Å². The van der Waals surface area contributed by atoms with E-state index in [-0.39, 0.29) is 6.03 Å². The minimum absolute atomic E-state index is 0.234. The van der Waals surface area contributed by atoms with Gasteiger partial charge in [-0.2, -0.15) is 0 Å². The van der Waals surface area contributed by atoms with Crippen LogP contribution >= 0.6 is 15.9 Å². The van der Waals surface area contributed by atoms with Crippen LogP contribution in [0.3, 0.4) is 0 Å². The molecular formula is C17H19BrN2O2. The highest BCUT2D eigenvalue weighted by Crippen LogP contribution is 2.17. The number of halogens is 1. The number of carbonyl (C=O) groups is 1. The van der Waals surface area contributed by atoms with Gasteiger partial charge in [0, 0.05) is 10.2 Å². The molecule has 0 unspecified atom stereocenters. The summed E-state index contributed by atoms with van der Waals surface area (Å²) in [7, 11) is 0. The van der Waals surface area contributed by atoms with Gasteiger partial charge in [0.15, 0.2) is 0 Å². The number of anilines is 1. The first-order chi connectivity index (χ1) is 10.7. The van der Waals surface area contributed by atoms with Gasteiger partial charge in [0.1, 0.15) is 12.4 Å². The summed E-state index contributed by atoms with van der Waals surface area (Å²) in [6.07, 6.45) is 0.986. The van der Waals surface area contributed by atoms with Crippen LogP contribution in [0.2, 0.25) is 0 Å². The summed E-state index contributed by atoms with van der Waals surface area (Å²) in [5.74, 6) is 0.770. The number of hydrogen-bond acceptors (Lipinski definition) is 2. The molecule has 2 rings (SSSR count). The van der Waals surface area contributed by atoms with E-state index in [0.717, 1.165) is 22.3 Å². The van der Waals surface area contributed by atoms with Crippen LogP contribution in [0.1, 0.15) is 12.5 Å². The quantitative estimate of drug-likeness (QED) is 0.756. The monoisotopic (exact) mass is 362 g/mol. The molecule has 0 bridgehead atoms. The zero-order valence-electron chi connectivity index (χ0n) is 12.4. The predicted octanol–water partition coefficient (Wildman–Crippen LogP) is 4.21. The molecule has 2 amide bonds. The maximum absolute atomic E-state index is 11.7. The number of aryl methyl sites for hydroxylation is 1. The average molecular weight is 363 g/mol. The molecule has 0 saturated heterocycles. The van der Waals surface area contributed by atoms with E-state index >= 15 is 0 Å². The van der Waals surface area contributed by atoms with Gasteiger partial charge in [0.05, 0.1) is 6.54 Å². The molecule has 0 aliphatic carbocycles. The lowest BCUT2D eigenvalue weighted by atomic mass is 10.1. The first kappa shape index (κ1) is 16.4. The number of hydrogen-bond donors (Lipinski definition) is 2. The third-order valence-electron chi connectivity index (χ3n) is 3.07. The van der Waals surface area contributed by atoms with E-state index in [1.807, 2.05) is 48.5 Å². The molecule has 2 aromatic rings. The van der Waals surface area contributed by atoms with Crippen LogP contribution in [0.15, 0.2) is 53.0 Å². The van der Waals surface area contributed by atoms with Gasteiger partial charge < -0.3 is 15.4 Å². The van der Waals surface area contributed by atoms with Crippen molar-refractivity contribution in [3.05, 3.63) is 58.6 Å². The normalized spacial score (nSPS) is 10.1. The molecule has 116 valence electrons. The second-order valence-corrected chi connectivity index (χ2v) is 5.65. The predicted molar refractivity (Wildman–Crippen MR) is 92.5 cm³/mol. The maximum atomic E-state index is 11.7. The highest BCUT2D eigenvalue weighted by Gasteiger charge is 2.01. The standard InChI is InChI=1S/C17H19BrN2O2/c1-2-13-6-8-15(9-7-13)20-17(21)19-10-11-22-16-5-3-4-14(18)12-16/h3-9,12H,2,10-11H2,1H3,(H2,19,20,21). The lowest BCUT2D eigenvalue weighted by molar-refractivity contribution is 0.247. The van der Waals surface area contributed by atoms with Gasteiger partial charge in [0.25, 0.3) is 0 Å². The Labute approximate surface area is 139 Å². The molecule has 5 heteroatoms. The van der Waals surface area contributed by atoms with E-state index in [1.54, 1.807) is 0 Å². The van der Waals surface area contributed by atoms with E-state index in [9.17, 15) is 4.79 Å². The van der Waals surface area contributed by atoms with E-state index < -0.39 is 0 Å². The number of ether oxygens (including phenoxy) is 1. The molecule has 0 radical (unpaired) electrons. The Bertz CT molecular complexity index is 614. The number of nitrogens with one attached hydrogen (secondary N) is 2. The van der Waals surface area contributed by atoms with Crippen LogP contribution in [0, 0.1) is 0 Å². The summed E-state index contributed by atoms with van der Waals surface area (Å²) in [5, 5.41) is 5.55. The Hall–Kier alpha value is -2.01. The van der Waals surface area contributed by atoms with Crippen LogP contribution in [0.4, 0.5) is 10.5 Å². The van der Waals surface area contributed by atoms with Crippen molar-refractivity contribution in [2.45, 2.75) is 13.3 Å². The largest absolute Gasteiger partial charge is 0.492 e. The average Bonchev–Trinajstić information content (AvgIpc) is 2.52. The van der Waals surface area contributed by atoms with E-state index in [2.05, 4.69) is 33.5 Å². The number of carbonyl (C=O) groups excluding carboxylic acids is 1. The second kappa shape index (κ2) is 8.44. The van der Waals surface area contributed by atoms with Gasteiger partial charge in [-0.25, -0.2) is 4.79 Å². The van der Waals surface area contributed by atoms with Crippen molar-refractivity contribution >= 4 is 27.6 Å². The van der Waals surface area contributed by atoms with Crippen LogP contribution in [-0.4, -0.2) is 19.2 Å². The lowest BCUT2D eigenvalue weighted by Crippen LogP contribution is -2.32. The Balaban J connectivity index is 1.69. The molecule has 4 nitrogen and oxygen atoms in total. The molecule has 22 heavy (non-hydrogen) atoms. The highest BCUT2D eigenvalue weighted by molar-refractivity contribution is 9.10. The molecule has 2 aromatic carbocycles. The fraction of sp³-hybridized carbons (Fsp3) is 0.235. The summed E-state index contributed by atoms with van der Waals surface area (Å²) in [4.78, 5) is 11.7. The van der Waals surface area contributed by atoms with Crippen LogP contribution in [-0.2, 0) is 6.42 Å². The smallest absolute Gasteiger partial charge is 0.319 e. The second-order valence-electron chi connectivity index (χ2n) is 4.74. The summed E-state index contributed by atoms with van der Waals surface area (Å²) in [5.41, 5.74) is 2.02. The Kier molecular flexibility index (Phi) is 6.27. The topological polar surface area (TPSA) is 50.4 Å². The molecule has 2 N–H and O–H groups in total. The third-order valence-corrected chi connectivity index (χ3v) is 3.57. The van der Waals surface area contributed by atoms with Crippen LogP contribution in [0.5, 0.6) is 5.75 Å². The van der Waals surface area contributed by atoms with Crippen molar-refractivity contribution < 1.29 is 9.53 Å². The lowest BCUT2D eigenvalue weighted by Gasteiger charge is -2.09. The number of benzene rings is 2. The highest BCUT2D eigenvalue weighted by atomic mass is 79.9. The molecule has 0 saturated carbocycles. The Morgan fingerprint density at radius 2 is 1.95 bits per heavy atom. The molecule has 0 aliphatic rings. The summed E-state index contributed by atoms with van der Waals surface area (Å²) in [6.45, 7) is 2.95. The van der Waals surface area contributed by atoms with E-state index in [0.29, 0.717) is 13.2 Å². The number of amides is 2. The van der Waals surface area contributed by atoms with Gasteiger partial charge in [0.2, 0.25) is 0 Å². The van der Waals surface area contributed by atoms with Gasteiger partial charge in [-0.3, -0.25) is 0 Å². The molecule has 0 spiro atoms. The first-order valence-electron chi connectivity index (χ1n) is 7.19. The molecule has 0 aliphatic heterocycles. The summed E-state index contributed by atoms with van der Waals surface area (Å²) < 4.78 is 6.51.